The summed E-state index contributed by atoms with van der Waals surface area (Å²) in [5.41, 5.74) is 0. The van der Waals surface area contributed by atoms with Gasteiger partial charge < -0.3 is 0 Å². The van der Waals surface area contributed by atoms with Gasteiger partial charge in [0.1, 0.15) is 0 Å². The minimum absolute atomic E-state index is 0.249. The normalized spacial score (nSPS) is 13.4. The van der Waals surface area contributed by atoms with Gasteiger partial charge in [-0.1, -0.05) is 12.8 Å². The summed E-state index contributed by atoms with van der Waals surface area (Å²) in [4.78, 5) is 10.5. The summed E-state index contributed by atoms with van der Waals surface area (Å²) in [5, 5.41) is 0.264. The van der Waals surface area contributed by atoms with Crippen LogP contribution in [0.25, 0.3) is 0 Å². The Hall–Kier alpha value is -0.110. The molecule has 0 aromatic heterocycles. The van der Waals surface area contributed by atoms with Crippen LogP contribution in [0.4, 0.5) is 0 Å². The molecule has 0 bridgehead atoms. The lowest BCUT2D eigenvalue weighted by Gasteiger charge is -1.90. The van der Waals surface area contributed by atoms with Gasteiger partial charge in [-0.25, -0.2) is 0 Å². The quantitative estimate of drug-likeness (QED) is 0.474. The van der Waals surface area contributed by atoms with Crippen molar-refractivity contribution in [1.82, 2.24) is 0 Å². The maximum Gasteiger partial charge on any atom is 0.182 e. The fourth-order valence-corrected chi connectivity index (χ4v) is 0.739. The summed E-state index contributed by atoms with van der Waals surface area (Å²) in [6, 6.07) is 0. The molecule has 7 heavy (non-hydrogen) atoms. The standard InChI is InChI=1S/C5H10OS/c1-4-5(6)7(2)3/h2,4H2,1,3H3. The molecule has 0 amide bonds. The average Bonchev–Trinajstić information content (AvgIpc) is 1.65. The summed E-state index contributed by atoms with van der Waals surface area (Å²) in [7, 11) is -0.249. The predicted octanol–water partition coefficient (Wildman–Crippen LogP) is 1.25. The van der Waals surface area contributed by atoms with E-state index < -0.39 is 0 Å². The molecule has 2 heteroatoms. The first kappa shape index (κ1) is 6.89. The molecule has 0 aliphatic heterocycles. The van der Waals surface area contributed by atoms with E-state index in [1.54, 1.807) is 0 Å². The first-order valence-electron chi connectivity index (χ1n) is 2.17. The number of hydrogen-bond donors (Lipinski definition) is 0. The Labute approximate surface area is 46.7 Å². The molecule has 0 aromatic rings. The molecule has 1 nitrogen and oxygen atoms in total. The van der Waals surface area contributed by atoms with Crippen LogP contribution in [0.3, 0.4) is 0 Å². The van der Waals surface area contributed by atoms with Gasteiger partial charge in [-0.05, 0) is 6.26 Å². The zero-order valence-electron chi connectivity index (χ0n) is 4.73. The number of hydrogen-bond acceptors (Lipinski definition) is 1. The zero-order chi connectivity index (χ0) is 5.86. The second kappa shape index (κ2) is 2.97. The first-order chi connectivity index (χ1) is 3.18. The Morgan fingerprint density at radius 2 is 2.29 bits per heavy atom. The van der Waals surface area contributed by atoms with Crippen LogP contribution in [0.1, 0.15) is 13.3 Å². The maximum absolute atomic E-state index is 10.5. The van der Waals surface area contributed by atoms with Crippen LogP contribution in [0, 0.1) is 0 Å². The van der Waals surface area contributed by atoms with E-state index in [0.29, 0.717) is 6.42 Å². The molecule has 0 heterocycles. The fraction of sp³-hybridized carbons (Fsp3) is 0.600. The van der Waals surface area contributed by atoms with E-state index >= 15 is 0 Å². The van der Waals surface area contributed by atoms with E-state index in [0.717, 1.165) is 0 Å². The third-order valence-corrected chi connectivity index (χ3v) is 1.74. The lowest BCUT2D eigenvalue weighted by atomic mass is 10.6. The molecular weight excluding hydrogens is 108 g/mol. The largest absolute Gasteiger partial charge is 0.288 e. The van der Waals surface area contributed by atoms with Crippen molar-refractivity contribution in [2.24, 2.45) is 0 Å². The molecule has 1 atom stereocenters. The van der Waals surface area contributed by atoms with E-state index in [4.69, 9.17) is 0 Å². The molecule has 0 saturated carbocycles. The molecule has 0 aliphatic carbocycles. The van der Waals surface area contributed by atoms with Gasteiger partial charge in [-0.3, -0.25) is 4.79 Å². The van der Waals surface area contributed by atoms with Gasteiger partial charge in [-0.15, -0.1) is 10.5 Å². The van der Waals surface area contributed by atoms with Crippen LogP contribution in [-0.2, 0) is 4.79 Å². The van der Waals surface area contributed by atoms with Crippen LogP contribution >= 0.6 is 10.5 Å². The molecule has 0 aliphatic rings. The van der Waals surface area contributed by atoms with Gasteiger partial charge >= 0.3 is 0 Å². The lowest BCUT2D eigenvalue weighted by molar-refractivity contribution is -0.110. The summed E-state index contributed by atoms with van der Waals surface area (Å²) >= 11 is 0. The first-order valence-corrected chi connectivity index (χ1v) is 3.97. The summed E-state index contributed by atoms with van der Waals surface area (Å²) in [5.74, 6) is 3.59. The SMILES string of the molecule is C=S(C)C(=O)CC. The molecule has 0 radical (unpaired) electrons. The van der Waals surface area contributed by atoms with Crippen molar-refractivity contribution in [3.63, 3.8) is 0 Å². The molecule has 0 aromatic carbocycles. The van der Waals surface area contributed by atoms with Crippen molar-refractivity contribution in [3.8, 4) is 0 Å². The van der Waals surface area contributed by atoms with E-state index in [9.17, 15) is 4.79 Å². The number of carbonyl (C=O) groups excluding carboxylic acids is 1. The number of carbonyl (C=O) groups is 1. The van der Waals surface area contributed by atoms with Crippen molar-refractivity contribution in [2.75, 3.05) is 6.26 Å². The van der Waals surface area contributed by atoms with Gasteiger partial charge in [0, 0.05) is 6.42 Å². The molecule has 0 fully saturated rings. The molecule has 42 valence electrons. The fourth-order valence-electron chi connectivity index (χ4n) is 0.246. The highest BCUT2D eigenvalue weighted by Gasteiger charge is 1.92. The number of rotatable bonds is 1. The summed E-state index contributed by atoms with van der Waals surface area (Å²) in [6.45, 7) is 1.86. The highest BCUT2D eigenvalue weighted by atomic mass is 32.2. The zero-order valence-corrected chi connectivity index (χ0v) is 5.55. The molecule has 0 rings (SSSR count). The van der Waals surface area contributed by atoms with Gasteiger partial charge in [0.15, 0.2) is 5.12 Å². The lowest BCUT2D eigenvalue weighted by Crippen LogP contribution is -1.86. The Bertz CT molecular complexity index is 96.3. The van der Waals surface area contributed by atoms with Crippen molar-refractivity contribution < 1.29 is 4.79 Å². The average molecular weight is 118 g/mol. The van der Waals surface area contributed by atoms with Crippen molar-refractivity contribution in [1.29, 1.82) is 0 Å². The Balaban J connectivity index is 3.58. The van der Waals surface area contributed by atoms with E-state index in [-0.39, 0.29) is 15.6 Å². The molecule has 0 N–H and O–H groups in total. The maximum atomic E-state index is 10.5. The van der Waals surface area contributed by atoms with Crippen molar-refractivity contribution in [2.45, 2.75) is 13.3 Å². The predicted molar refractivity (Wildman–Crippen MR) is 35.9 cm³/mol. The molecule has 0 spiro atoms. The van der Waals surface area contributed by atoms with Gasteiger partial charge in [0.25, 0.3) is 0 Å². The second-order valence-electron chi connectivity index (χ2n) is 1.36. The minimum atomic E-state index is -0.249. The summed E-state index contributed by atoms with van der Waals surface area (Å²) in [6.07, 6.45) is 2.47. The Morgan fingerprint density at radius 1 is 1.86 bits per heavy atom. The molecule has 0 saturated heterocycles. The smallest absolute Gasteiger partial charge is 0.182 e. The van der Waals surface area contributed by atoms with Crippen LogP contribution in [-0.4, -0.2) is 17.2 Å². The highest BCUT2D eigenvalue weighted by molar-refractivity contribution is 8.26. The topological polar surface area (TPSA) is 17.1 Å². The summed E-state index contributed by atoms with van der Waals surface area (Å²) < 4.78 is 0. The van der Waals surface area contributed by atoms with Gasteiger partial charge in [0.05, 0.1) is 0 Å². The molecular formula is C5H10OS. The van der Waals surface area contributed by atoms with Crippen LogP contribution in [0.2, 0.25) is 0 Å². The second-order valence-corrected chi connectivity index (χ2v) is 3.09. The van der Waals surface area contributed by atoms with Crippen molar-refractivity contribution in [3.05, 3.63) is 0 Å². The Morgan fingerprint density at radius 3 is 2.29 bits per heavy atom. The highest BCUT2D eigenvalue weighted by Crippen LogP contribution is 2.04. The third kappa shape index (κ3) is 2.57. The van der Waals surface area contributed by atoms with Crippen LogP contribution in [0.5, 0.6) is 0 Å². The van der Waals surface area contributed by atoms with E-state index in [1.165, 1.54) is 0 Å². The van der Waals surface area contributed by atoms with Gasteiger partial charge in [0.2, 0.25) is 0 Å². The minimum Gasteiger partial charge on any atom is -0.288 e. The monoisotopic (exact) mass is 118 g/mol. The Kier molecular flexibility index (Phi) is 2.92. The third-order valence-electron chi connectivity index (χ3n) is 0.677. The molecule has 1 unspecified atom stereocenters. The van der Waals surface area contributed by atoms with Crippen LogP contribution < -0.4 is 0 Å². The van der Waals surface area contributed by atoms with Crippen molar-refractivity contribution >= 4 is 21.5 Å². The van der Waals surface area contributed by atoms with E-state index in [2.05, 4.69) is 5.87 Å². The van der Waals surface area contributed by atoms with Crippen LogP contribution in [0.15, 0.2) is 0 Å². The van der Waals surface area contributed by atoms with E-state index in [1.807, 2.05) is 13.2 Å². The van der Waals surface area contributed by atoms with Gasteiger partial charge in [-0.2, -0.15) is 0 Å².